The van der Waals surface area contributed by atoms with Gasteiger partial charge in [-0.25, -0.2) is 5.43 Å². The van der Waals surface area contributed by atoms with Gasteiger partial charge in [-0.05, 0) is 41.8 Å². The summed E-state index contributed by atoms with van der Waals surface area (Å²) in [6, 6.07) is 11.1. The highest BCUT2D eigenvalue weighted by atomic mass is 35.5. The SMILES string of the molecule is CC(C)C(NC(=O)c1ccc2c(c1)OCO2)C(=O)NN=Cc1ccc(Cl)cc1. The summed E-state index contributed by atoms with van der Waals surface area (Å²) in [5, 5.41) is 7.31. The number of hydrogen-bond acceptors (Lipinski definition) is 5. The quantitative estimate of drug-likeness (QED) is 0.575. The van der Waals surface area contributed by atoms with Crippen molar-refractivity contribution in [2.45, 2.75) is 19.9 Å². The van der Waals surface area contributed by atoms with E-state index in [4.69, 9.17) is 21.1 Å². The van der Waals surface area contributed by atoms with E-state index >= 15 is 0 Å². The normalized spacial score (nSPS) is 13.6. The number of halogens is 1. The van der Waals surface area contributed by atoms with Gasteiger partial charge in [0.15, 0.2) is 11.5 Å². The fourth-order valence-corrected chi connectivity index (χ4v) is 2.71. The van der Waals surface area contributed by atoms with Crippen LogP contribution in [0.25, 0.3) is 0 Å². The fourth-order valence-electron chi connectivity index (χ4n) is 2.59. The first-order valence-corrected chi connectivity index (χ1v) is 9.11. The lowest BCUT2D eigenvalue weighted by Crippen LogP contribution is -2.48. The second-order valence-corrected chi connectivity index (χ2v) is 6.99. The second kappa shape index (κ2) is 8.75. The van der Waals surface area contributed by atoms with E-state index in [1.165, 1.54) is 6.21 Å². The number of hydrazone groups is 1. The van der Waals surface area contributed by atoms with Crippen molar-refractivity contribution in [3.8, 4) is 11.5 Å². The molecule has 1 atom stereocenters. The van der Waals surface area contributed by atoms with E-state index in [9.17, 15) is 9.59 Å². The highest BCUT2D eigenvalue weighted by Crippen LogP contribution is 2.32. The first-order chi connectivity index (χ1) is 13.4. The summed E-state index contributed by atoms with van der Waals surface area (Å²) in [5.41, 5.74) is 3.63. The van der Waals surface area contributed by atoms with Gasteiger partial charge in [0, 0.05) is 10.6 Å². The Kier molecular flexibility index (Phi) is 6.16. The molecular weight excluding hydrogens is 382 g/mol. The van der Waals surface area contributed by atoms with E-state index in [-0.39, 0.29) is 18.6 Å². The number of hydrogen-bond donors (Lipinski definition) is 2. The number of ether oxygens (including phenoxy) is 2. The molecule has 1 unspecified atom stereocenters. The van der Waals surface area contributed by atoms with Crippen molar-refractivity contribution in [3.63, 3.8) is 0 Å². The standard InChI is InChI=1S/C20H20ClN3O4/c1-12(2)18(20(26)24-22-10-13-3-6-15(21)7-4-13)23-19(25)14-5-8-16-17(9-14)28-11-27-16/h3-10,12,18H,11H2,1-2H3,(H,23,25)(H,24,26). The number of amides is 2. The Morgan fingerprint density at radius 1 is 1.11 bits per heavy atom. The Hall–Kier alpha value is -3.06. The first kappa shape index (κ1) is 19.7. The summed E-state index contributed by atoms with van der Waals surface area (Å²) in [6.45, 7) is 3.81. The molecular formula is C20H20ClN3O4. The van der Waals surface area contributed by atoms with Crippen LogP contribution in [0.1, 0.15) is 29.8 Å². The average Bonchev–Trinajstić information content (AvgIpc) is 3.14. The maximum atomic E-state index is 12.6. The van der Waals surface area contributed by atoms with Crippen molar-refractivity contribution in [1.29, 1.82) is 0 Å². The highest BCUT2D eigenvalue weighted by molar-refractivity contribution is 6.30. The summed E-state index contributed by atoms with van der Waals surface area (Å²) in [6.07, 6.45) is 1.51. The number of carbonyl (C=O) groups excluding carboxylic acids is 2. The number of carbonyl (C=O) groups is 2. The molecule has 0 aliphatic carbocycles. The highest BCUT2D eigenvalue weighted by Gasteiger charge is 2.25. The summed E-state index contributed by atoms with van der Waals surface area (Å²) in [5.74, 6) is 0.170. The fraction of sp³-hybridized carbons (Fsp3) is 0.250. The molecule has 0 saturated heterocycles. The van der Waals surface area contributed by atoms with Crippen molar-refractivity contribution in [2.75, 3.05) is 6.79 Å². The lowest BCUT2D eigenvalue weighted by Gasteiger charge is -2.20. The van der Waals surface area contributed by atoms with Crippen LogP contribution >= 0.6 is 11.6 Å². The van der Waals surface area contributed by atoms with E-state index in [1.54, 1.807) is 42.5 Å². The van der Waals surface area contributed by atoms with E-state index in [2.05, 4.69) is 15.8 Å². The minimum Gasteiger partial charge on any atom is -0.454 e. The number of rotatable bonds is 6. The van der Waals surface area contributed by atoms with Gasteiger partial charge < -0.3 is 14.8 Å². The minimum atomic E-state index is -0.750. The molecule has 0 fully saturated rings. The van der Waals surface area contributed by atoms with Crippen LogP contribution in [0, 0.1) is 5.92 Å². The van der Waals surface area contributed by atoms with Crippen LogP contribution in [0.3, 0.4) is 0 Å². The molecule has 0 bridgehead atoms. The molecule has 146 valence electrons. The van der Waals surface area contributed by atoms with E-state index in [0.717, 1.165) is 5.56 Å². The number of nitrogens with zero attached hydrogens (tertiary/aromatic N) is 1. The molecule has 0 aromatic heterocycles. The molecule has 0 saturated carbocycles. The van der Waals surface area contributed by atoms with Gasteiger partial charge in [-0.3, -0.25) is 9.59 Å². The van der Waals surface area contributed by atoms with Gasteiger partial charge in [-0.15, -0.1) is 0 Å². The van der Waals surface area contributed by atoms with Gasteiger partial charge in [-0.2, -0.15) is 5.10 Å². The number of nitrogens with one attached hydrogen (secondary N) is 2. The zero-order valence-corrected chi connectivity index (χ0v) is 16.2. The van der Waals surface area contributed by atoms with Crippen LogP contribution < -0.4 is 20.2 Å². The zero-order valence-electron chi connectivity index (χ0n) is 15.4. The monoisotopic (exact) mass is 401 g/mol. The predicted octanol–water partition coefficient (Wildman–Crippen LogP) is 2.97. The molecule has 1 aliphatic rings. The second-order valence-electron chi connectivity index (χ2n) is 6.55. The Morgan fingerprint density at radius 2 is 1.82 bits per heavy atom. The molecule has 1 aliphatic heterocycles. The van der Waals surface area contributed by atoms with Gasteiger partial charge >= 0.3 is 0 Å². The van der Waals surface area contributed by atoms with Crippen LogP contribution in [0.5, 0.6) is 11.5 Å². The molecule has 0 radical (unpaired) electrons. The van der Waals surface area contributed by atoms with E-state index in [0.29, 0.717) is 22.1 Å². The van der Waals surface area contributed by atoms with Crippen molar-refractivity contribution < 1.29 is 19.1 Å². The lowest BCUT2D eigenvalue weighted by atomic mass is 10.0. The average molecular weight is 402 g/mol. The van der Waals surface area contributed by atoms with Crippen molar-refractivity contribution in [1.82, 2.24) is 10.7 Å². The molecule has 7 nitrogen and oxygen atoms in total. The maximum Gasteiger partial charge on any atom is 0.262 e. The van der Waals surface area contributed by atoms with Crippen LogP contribution in [0.15, 0.2) is 47.6 Å². The van der Waals surface area contributed by atoms with E-state index in [1.807, 2.05) is 13.8 Å². The molecule has 0 spiro atoms. The molecule has 2 amide bonds. The minimum absolute atomic E-state index is 0.128. The summed E-state index contributed by atoms with van der Waals surface area (Å²) >= 11 is 5.83. The van der Waals surface area contributed by atoms with Crippen molar-refractivity contribution in [2.24, 2.45) is 11.0 Å². The first-order valence-electron chi connectivity index (χ1n) is 8.73. The van der Waals surface area contributed by atoms with Gasteiger partial charge in [0.05, 0.1) is 6.21 Å². The molecule has 1 heterocycles. The Bertz CT molecular complexity index is 897. The summed E-state index contributed by atoms with van der Waals surface area (Å²) in [7, 11) is 0. The van der Waals surface area contributed by atoms with Gasteiger partial charge in [-0.1, -0.05) is 37.6 Å². The summed E-state index contributed by atoms with van der Waals surface area (Å²) in [4.78, 5) is 25.0. The predicted molar refractivity (Wildman–Crippen MR) is 106 cm³/mol. The van der Waals surface area contributed by atoms with Gasteiger partial charge in [0.1, 0.15) is 6.04 Å². The third kappa shape index (κ3) is 4.80. The largest absolute Gasteiger partial charge is 0.454 e. The lowest BCUT2D eigenvalue weighted by molar-refractivity contribution is -0.123. The molecule has 2 aromatic carbocycles. The summed E-state index contributed by atoms with van der Waals surface area (Å²) < 4.78 is 10.5. The van der Waals surface area contributed by atoms with Crippen LogP contribution in [-0.4, -0.2) is 30.9 Å². The van der Waals surface area contributed by atoms with Crippen molar-refractivity contribution in [3.05, 3.63) is 58.6 Å². The Morgan fingerprint density at radius 3 is 2.54 bits per heavy atom. The zero-order chi connectivity index (χ0) is 20.1. The third-order valence-electron chi connectivity index (χ3n) is 4.13. The van der Waals surface area contributed by atoms with Crippen LogP contribution in [0.4, 0.5) is 0 Å². The van der Waals surface area contributed by atoms with Crippen LogP contribution in [0.2, 0.25) is 5.02 Å². The Labute approximate surface area is 167 Å². The third-order valence-corrected chi connectivity index (χ3v) is 4.38. The smallest absolute Gasteiger partial charge is 0.262 e. The molecule has 3 rings (SSSR count). The van der Waals surface area contributed by atoms with Gasteiger partial charge in [0.25, 0.3) is 11.8 Å². The van der Waals surface area contributed by atoms with Gasteiger partial charge in [0.2, 0.25) is 6.79 Å². The number of benzene rings is 2. The van der Waals surface area contributed by atoms with Crippen LogP contribution in [-0.2, 0) is 4.79 Å². The Balaban J connectivity index is 1.62. The molecule has 2 aromatic rings. The van der Waals surface area contributed by atoms with E-state index < -0.39 is 11.9 Å². The maximum absolute atomic E-state index is 12.6. The molecule has 2 N–H and O–H groups in total. The molecule has 28 heavy (non-hydrogen) atoms. The van der Waals surface area contributed by atoms with Crippen molar-refractivity contribution >= 4 is 29.6 Å². The molecule has 8 heteroatoms. The topological polar surface area (TPSA) is 89.0 Å². The number of fused-ring (bicyclic) bond motifs is 1.